The van der Waals surface area contributed by atoms with Crippen LogP contribution in [0.1, 0.15) is 0 Å². The molecule has 25 heavy (non-hydrogen) atoms. The minimum Gasteiger partial charge on any atom is -0.282 e. The van der Waals surface area contributed by atoms with E-state index in [-0.39, 0.29) is 11.2 Å². The van der Waals surface area contributed by atoms with Gasteiger partial charge in [0.05, 0.1) is 4.92 Å². The zero-order chi connectivity index (χ0) is 17.6. The number of hydrogen-bond donors (Lipinski definition) is 0. The predicted octanol–water partition coefficient (Wildman–Crippen LogP) is 1.45. The standard InChI is InChI=1S/C14H9N7O3S/c1-25-14-15-13-17-16-11-10(20(13)18-14)6-7-19(12(11)22)8-2-4-9(5-3-8)21(23)24/h2-7H,1H3. The first kappa shape index (κ1) is 15.2. The summed E-state index contributed by atoms with van der Waals surface area (Å²) >= 11 is 1.36. The summed E-state index contributed by atoms with van der Waals surface area (Å²) in [6.45, 7) is 0. The number of thioether (sulfide) groups is 1. The summed E-state index contributed by atoms with van der Waals surface area (Å²) in [4.78, 5) is 27.2. The Kier molecular flexibility index (Phi) is 3.42. The predicted molar refractivity (Wildman–Crippen MR) is 90.1 cm³/mol. The summed E-state index contributed by atoms with van der Waals surface area (Å²) < 4.78 is 2.81. The van der Waals surface area contributed by atoms with Crippen LogP contribution in [0.2, 0.25) is 0 Å². The van der Waals surface area contributed by atoms with E-state index < -0.39 is 10.5 Å². The van der Waals surface area contributed by atoms with E-state index in [0.29, 0.717) is 22.1 Å². The lowest BCUT2D eigenvalue weighted by Gasteiger charge is -2.06. The van der Waals surface area contributed by atoms with Crippen molar-refractivity contribution in [2.45, 2.75) is 5.16 Å². The first-order chi connectivity index (χ1) is 12.1. The summed E-state index contributed by atoms with van der Waals surface area (Å²) in [5.74, 6) is 0.310. The second-order valence-electron chi connectivity index (χ2n) is 5.01. The molecule has 0 fully saturated rings. The minimum absolute atomic E-state index is 0.0497. The summed E-state index contributed by atoms with van der Waals surface area (Å²) in [5, 5.41) is 23.4. The van der Waals surface area contributed by atoms with Crippen LogP contribution in [0, 0.1) is 10.1 Å². The Bertz CT molecular complexity index is 1180. The topological polar surface area (TPSA) is 121 Å². The van der Waals surface area contributed by atoms with Gasteiger partial charge in [0.1, 0.15) is 5.52 Å². The molecule has 1 aromatic carbocycles. The van der Waals surface area contributed by atoms with E-state index >= 15 is 0 Å². The number of nitro benzene ring substituents is 1. The molecule has 0 unspecified atom stereocenters. The molecular weight excluding hydrogens is 346 g/mol. The van der Waals surface area contributed by atoms with Crippen LogP contribution in [0.15, 0.2) is 46.5 Å². The van der Waals surface area contributed by atoms with Crippen LogP contribution >= 0.6 is 11.8 Å². The molecule has 0 atom stereocenters. The van der Waals surface area contributed by atoms with Gasteiger partial charge in [-0.25, -0.2) is 0 Å². The third-order valence-electron chi connectivity index (χ3n) is 3.61. The molecule has 0 aliphatic heterocycles. The van der Waals surface area contributed by atoms with E-state index in [1.807, 2.05) is 6.26 Å². The maximum atomic E-state index is 12.7. The number of rotatable bonds is 3. The van der Waals surface area contributed by atoms with Gasteiger partial charge >= 0.3 is 0 Å². The zero-order valence-corrected chi connectivity index (χ0v) is 13.5. The molecular formula is C14H9N7O3S. The van der Waals surface area contributed by atoms with Crippen molar-refractivity contribution >= 4 is 34.3 Å². The highest BCUT2D eigenvalue weighted by Gasteiger charge is 2.13. The SMILES string of the molecule is CSc1nc2nnc3c(=O)n(-c4ccc([N+](=O)[O-])cc4)ccc3n2n1. The van der Waals surface area contributed by atoms with Gasteiger partial charge in [0.25, 0.3) is 17.0 Å². The van der Waals surface area contributed by atoms with Crippen molar-refractivity contribution in [3.63, 3.8) is 0 Å². The molecule has 0 aliphatic carbocycles. The Morgan fingerprint density at radius 1 is 1.16 bits per heavy atom. The molecule has 0 amide bonds. The fourth-order valence-corrected chi connectivity index (χ4v) is 2.75. The Balaban J connectivity index is 1.91. The Hall–Kier alpha value is -3.34. The van der Waals surface area contributed by atoms with Crippen LogP contribution < -0.4 is 5.56 Å². The van der Waals surface area contributed by atoms with E-state index in [1.54, 1.807) is 12.3 Å². The summed E-state index contributed by atoms with van der Waals surface area (Å²) in [6, 6.07) is 7.35. The van der Waals surface area contributed by atoms with Crippen LogP contribution in [0.25, 0.3) is 22.5 Å². The van der Waals surface area contributed by atoms with Crippen LogP contribution in [0.5, 0.6) is 0 Å². The average molecular weight is 355 g/mol. The van der Waals surface area contributed by atoms with E-state index in [4.69, 9.17) is 0 Å². The van der Waals surface area contributed by atoms with Gasteiger partial charge in [-0.15, -0.1) is 15.3 Å². The van der Waals surface area contributed by atoms with Crippen LogP contribution in [-0.2, 0) is 0 Å². The highest BCUT2D eigenvalue weighted by atomic mass is 32.2. The number of aromatic nitrogens is 6. The number of nitro groups is 1. The molecule has 4 aromatic rings. The number of benzene rings is 1. The fraction of sp³-hybridized carbons (Fsp3) is 0.0714. The van der Waals surface area contributed by atoms with Gasteiger partial charge < -0.3 is 0 Å². The van der Waals surface area contributed by atoms with Gasteiger partial charge in [-0.2, -0.15) is 9.50 Å². The van der Waals surface area contributed by atoms with Gasteiger partial charge in [-0.1, -0.05) is 11.8 Å². The van der Waals surface area contributed by atoms with Crippen LogP contribution in [0.4, 0.5) is 5.69 Å². The normalized spacial score (nSPS) is 11.2. The summed E-state index contributed by atoms with van der Waals surface area (Å²) in [7, 11) is 0. The number of hydrogen-bond acceptors (Lipinski definition) is 8. The van der Waals surface area contributed by atoms with Crippen molar-refractivity contribution < 1.29 is 4.92 Å². The molecule has 0 bridgehead atoms. The maximum absolute atomic E-state index is 12.7. The van der Waals surface area contributed by atoms with Crippen molar-refractivity contribution in [3.05, 3.63) is 57.0 Å². The number of pyridine rings is 1. The molecule has 0 saturated carbocycles. The van der Waals surface area contributed by atoms with E-state index in [0.717, 1.165) is 0 Å². The van der Waals surface area contributed by atoms with Gasteiger partial charge in [-0.3, -0.25) is 19.5 Å². The van der Waals surface area contributed by atoms with E-state index in [1.165, 1.54) is 45.1 Å². The molecule has 11 heteroatoms. The highest BCUT2D eigenvalue weighted by molar-refractivity contribution is 7.98. The van der Waals surface area contributed by atoms with E-state index in [9.17, 15) is 14.9 Å². The quantitative estimate of drug-likeness (QED) is 0.307. The molecule has 0 aliphatic rings. The molecule has 10 nitrogen and oxygen atoms in total. The van der Waals surface area contributed by atoms with Crippen molar-refractivity contribution in [1.29, 1.82) is 0 Å². The van der Waals surface area contributed by atoms with Gasteiger partial charge in [0.15, 0.2) is 5.52 Å². The van der Waals surface area contributed by atoms with Crippen molar-refractivity contribution in [3.8, 4) is 5.69 Å². The molecule has 3 aromatic heterocycles. The smallest absolute Gasteiger partial charge is 0.282 e. The lowest BCUT2D eigenvalue weighted by molar-refractivity contribution is -0.384. The molecule has 4 rings (SSSR count). The zero-order valence-electron chi connectivity index (χ0n) is 12.7. The maximum Gasteiger partial charge on any atom is 0.285 e. The van der Waals surface area contributed by atoms with Crippen molar-refractivity contribution in [2.24, 2.45) is 0 Å². The molecule has 124 valence electrons. The minimum atomic E-state index is -0.497. The molecule has 0 radical (unpaired) electrons. The number of fused-ring (bicyclic) bond motifs is 3. The first-order valence-corrected chi connectivity index (χ1v) is 8.24. The fourth-order valence-electron chi connectivity index (χ4n) is 2.41. The lowest BCUT2D eigenvalue weighted by atomic mass is 10.2. The van der Waals surface area contributed by atoms with Crippen molar-refractivity contribution in [1.82, 2.24) is 29.4 Å². The van der Waals surface area contributed by atoms with Crippen LogP contribution in [-0.4, -0.2) is 40.5 Å². The Morgan fingerprint density at radius 2 is 1.92 bits per heavy atom. The second-order valence-corrected chi connectivity index (χ2v) is 5.78. The largest absolute Gasteiger partial charge is 0.285 e. The van der Waals surface area contributed by atoms with Crippen molar-refractivity contribution in [2.75, 3.05) is 6.26 Å². The third-order valence-corrected chi connectivity index (χ3v) is 4.14. The van der Waals surface area contributed by atoms with Crippen LogP contribution in [0.3, 0.4) is 0 Å². The van der Waals surface area contributed by atoms with Gasteiger partial charge in [0.2, 0.25) is 5.16 Å². The molecule has 0 saturated heterocycles. The summed E-state index contributed by atoms with van der Waals surface area (Å²) in [6.07, 6.45) is 3.40. The molecule has 3 heterocycles. The second kappa shape index (κ2) is 5.63. The highest BCUT2D eigenvalue weighted by Crippen LogP contribution is 2.16. The first-order valence-electron chi connectivity index (χ1n) is 7.02. The molecule has 0 spiro atoms. The van der Waals surface area contributed by atoms with E-state index in [2.05, 4.69) is 20.3 Å². The number of non-ortho nitro benzene ring substituents is 1. The Morgan fingerprint density at radius 3 is 2.60 bits per heavy atom. The summed E-state index contributed by atoms with van der Waals surface area (Å²) in [5.41, 5.74) is 0.655. The van der Waals surface area contributed by atoms with Gasteiger partial charge in [0, 0.05) is 24.0 Å². The third kappa shape index (κ3) is 2.41. The average Bonchev–Trinajstić information content (AvgIpc) is 3.06. The number of nitrogens with zero attached hydrogens (tertiary/aromatic N) is 7. The Labute approximate surface area is 143 Å². The lowest BCUT2D eigenvalue weighted by Crippen LogP contribution is -2.20. The monoisotopic (exact) mass is 355 g/mol. The van der Waals surface area contributed by atoms with Gasteiger partial charge in [-0.05, 0) is 24.5 Å². The molecule has 0 N–H and O–H groups in total.